The number of hydrogen-bond acceptors (Lipinski definition) is 2. The first-order valence-electron chi connectivity index (χ1n) is 5.02. The number of hydrogen-bond donors (Lipinski definition) is 1. The Bertz CT molecular complexity index is 316. The van der Waals surface area contributed by atoms with Crippen LogP contribution in [0.2, 0.25) is 0 Å². The van der Waals surface area contributed by atoms with Gasteiger partial charge in [-0.15, -0.1) is 0 Å². The van der Waals surface area contributed by atoms with Crippen LogP contribution in [-0.4, -0.2) is 11.7 Å². The molecule has 0 aromatic heterocycles. The zero-order chi connectivity index (χ0) is 10.7. The lowest BCUT2D eigenvalue weighted by Crippen LogP contribution is -1.97. The number of aromatic hydroxyl groups is 1. The van der Waals surface area contributed by atoms with E-state index in [9.17, 15) is 5.11 Å². The van der Waals surface area contributed by atoms with E-state index in [1.165, 1.54) is 0 Å². The maximum atomic E-state index is 9.70. The standard InChI is InChI=1S/C12H18O2/c1-5-14-12-7-10(8(2)3)11(13)6-9(12)4/h6-8,13H,5H2,1-4H3. The summed E-state index contributed by atoms with van der Waals surface area (Å²) in [6.07, 6.45) is 0. The first-order valence-corrected chi connectivity index (χ1v) is 5.02. The van der Waals surface area contributed by atoms with Crippen molar-refractivity contribution in [2.45, 2.75) is 33.6 Å². The molecule has 0 bridgehead atoms. The van der Waals surface area contributed by atoms with Crippen LogP contribution in [0.15, 0.2) is 12.1 Å². The van der Waals surface area contributed by atoms with E-state index in [1.807, 2.05) is 19.9 Å². The summed E-state index contributed by atoms with van der Waals surface area (Å²) in [5.74, 6) is 1.55. The second kappa shape index (κ2) is 4.36. The third-order valence-corrected chi connectivity index (χ3v) is 2.25. The van der Waals surface area contributed by atoms with Crippen LogP contribution in [-0.2, 0) is 0 Å². The maximum Gasteiger partial charge on any atom is 0.122 e. The van der Waals surface area contributed by atoms with Crippen LogP contribution in [0.5, 0.6) is 11.5 Å². The van der Waals surface area contributed by atoms with Crippen LogP contribution in [0, 0.1) is 6.92 Å². The van der Waals surface area contributed by atoms with Crippen molar-refractivity contribution in [1.29, 1.82) is 0 Å². The Hall–Kier alpha value is -1.18. The average Bonchev–Trinajstić information content (AvgIpc) is 2.09. The van der Waals surface area contributed by atoms with Gasteiger partial charge in [0.05, 0.1) is 6.61 Å². The van der Waals surface area contributed by atoms with Crippen LogP contribution >= 0.6 is 0 Å². The number of rotatable bonds is 3. The fourth-order valence-electron chi connectivity index (χ4n) is 1.46. The fourth-order valence-corrected chi connectivity index (χ4v) is 1.46. The highest BCUT2D eigenvalue weighted by Crippen LogP contribution is 2.32. The largest absolute Gasteiger partial charge is 0.508 e. The molecule has 14 heavy (non-hydrogen) atoms. The van der Waals surface area contributed by atoms with Gasteiger partial charge in [-0.1, -0.05) is 13.8 Å². The Labute approximate surface area is 85.5 Å². The van der Waals surface area contributed by atoms with E-state index >= 15 is 0 Å². The summed E-state index contributed by atoms with van der Waals surface area (Å²) in [5.41, 5.74) is 1.92. The molecule has 1 aromatic carbocycles. The van der Waals surface area contributed by atoms with Crippen molar-refractivity contribution in [2.75, 3.05) is 6.61 Å². The van der Waals surface area contributed by atoms with Gasteiger partial charge in [-0.3, -0.25) is 0 Å². The number of phenolic OH excluding ortho intramolecular Hbond substituents is 1. The van der Waals surface area contributed by atoms with E-state index in [-0.39, 0.29) is 0 Å². The van der Waals surface area contributed by atoms with Crippen molar-refractivity contribution in [2.24, 2.45) is 0 Å². The van der Waals surface area contributed by atoms with Gasteiger partial charge < -0.3 is 9.84 Å². The molecule has 1 rings (SSSR count). The molecular formula is C12H18O2. The molecule has 0 saturated carbocycles. The Morgan fingerprint density at radius 1 is 1.36 bits per heavy atom. The van der Waals surface area contributed by atoms with E-state index in [2.05, 4.69) is 13.8 Å². The van der Waals surface area contributed by atoms with Crippen molar-refractivity contribution in [3.05, 3.63) is 23.3 Å². The van der Waals surface area contributed by atoms with Gasteiger partial charge in [0, 0.05) is 5.56 Å². The Balaban J connectivity index is 3.13. The normalized spacial score (nSPS) is 10.6. The SMILES string of the molecule is CCOc1cc(C(C)C)c(O)cc1C. The first kappa shape index (κ1) is 10.9. The molecule has 0 aliphatic heterocycles. The van der Waals surface area contributed by atoms with E-state index in [0.717, 1.165) is 16.9 Å². The van der Waals surface area contributed by atoms with Crippen LogP contribution in [0.25, 0.3) is 0 Å². The molecule has 0 aliphatic rings. The molecule has 0 spiro atoms. The molecule has 0 amide bonds. The number of ether oxygens (including phenoxy) is 1. The Morgan fingerprint density at radius 2 is 2.00 bits per heavy atom. The second-order valence-corrected chi connectivity index (χ2v) is 3.76. The van der Waals surface area contributed by atoms with Gasteiger partial charge in [-0.2, -0.15) is 0 Å². The summed E-state index contributed by atoms with van der Waals surface area (Å²) in [6.45, 7) is 8.67. The number of phenols is 1. The van der Waals surface area contributed by atoms with Crippen molar-refractivity contribution in [1.82, 2.24) is 0 Å². The smallest absolute Gasteiger partial charge is 0.122 e. The molecule has 2 heteroatoms. The van der Waals surface area contributed by atoms with Crippen LogP contribution in [0.4, 0.5) is 0 Å². The third kappa shape index (κ3) is 2.19. The van der Waals surface area contributed by atoms with E-state index < -0.39 is 0 Å². The highest BCUT2D eigenvalue weighted by Gasteiger charge is 2.09. The summed E-state index contributed by atoms with van der Waals surface area (Å²) >= 11 is 0. The number of benzene rings is 1. The Kier molecular flexibility index (Phi) is 3.39. The predicted octanol–water partition coefficient (Wildman–Crippen LogP) is 3.22. The van der Waals surface area contributed by atoms with E-state index in [0.29, 0.717) is 18.3 Å². The first-order chi connectivity index (χ1) is 6.56. The Morgan fingerprint density at radius 3 is 2.50 bits per heavy atom. The van der Waals surface area contributed by atoms with Crippen LogP contribution < -0.4 is 4.74 Å². The van der Waals surface area contributed by atoms with Gasteiger partial charge in [0.15, 0.2) is 0 Å². The number of aryl methyl sites for hydroxylation is 1. The third-order valence-electron chi connectivity index (χ3n) is 2.25. The van der Waals surface area contributed by atoms with Crippen molar-refractivity contribution < 1.29 is 9.84 Å². The van der Waals surface area contributed by atoms with E-state index in [4.69, 9.17) is 4.74 Å². The second-order valence-electron chi connectivity index (χ2n) is 3.76. The summed E-state index contributed by atoms with van der Waals surface area (Å²) < 4.78 is 5.47. The zero-order valence-electron chi connectivity index (χ0n) is 9.29. The fraction of sp³-hybridized carbons (Fsp3) is 0.500. The van der Waals surface area contributed by atoms with E-state index in [1.54, 1.807) is 6.07 Å². The summed E-state index contributed by atoms with van der Waals surface area (Å²) in [6, 6.07) is 3.69. The molecule has 78 valence electrons. The summed E-state index contributed by atoms with van der Waals surface area (Å²) in [7, 11) is 0. The molecular weight excluding hydrogens is 176 g/mol. The average molecular weight is 194 g/mol. The molecule has 0 aliphatic carbocycles. The van der Waals surface area contributed by atoms with Gasteiger partial charge >= 0.3 is 0 Å². The molecule has 0 unspecified atom stereocenters. The maximum absolute atomic E-state index is 9.70. The summed E-state index contributed by atoms with van der Waals surface area (Å²) in [5, 5.41) is 9.70. The monoisotopic (exact) mass is 194 g/mol. The molecule has 2 nitrogen and oxygen atoms in total. The lowest BCUT2D eigenvalue weighted by Gasteiger charge is -2.13. The minimum absolute atomic E-state index is 0.315. The van der Waals surface area contributed by atoms with Gasteiger partial charge in [0.2, 0.25) is 0 Å². The lowest BCUT2D eigenvalue weighted by atomic mass is 10.00. The van der Waals surface area contributed by atoms with Crippen LogP contribution in [0.3, 0.4) is 0 Å². The van der Waals surface area contributed by atoms with Gasteiger partial charge in [-0.05, 0) is 37.5 Å². The molecule has 0 fully saturated rings. The van der Waals surface area contributed by atoms with Crippen LogP contribution in [0.1, 0.15) is 37.8 Å². The van der Waals surface area contributed by atoms with Crippen molar-refractivity contribution >= 4 is 0 Å². The van der Waals surface area contributed by atoms with Crippen molar-refractivity contribution in [3.8, 4) is 11.5 Å². The quantitative estimate of drug-likeness (QED) is 0.800. The predicted molar refractivity (Wildman–Crippen MR) is 58.1 cm³/mol. The zero-order valence-corrected chi connectivity index (χ0v) is 9.29. The highest BCUT2D eigenvalue weighted by molar-refractivity contribution is 5.46. The van der Waals surface area contributed by atoms with Gasteiger partial charge in [0.1, 0.15) is 11.5 Å². The highest BCUT2D eigenvalue weighted by atomic mass is 16.5. The topological polar surface area (TPSA) is 29.5 Å². The molecule has 0 atom stereocenters. The molecule has 1 aromatic rings. The van der Waals surface area contributed by atoms with Crippen molar-refractivity contribution in [3.63, 3.8) is 0 Å². The minimum atomic E-state index is 0.315. The minimum Gasteiger partial charge on any atom is -0.508 e. The molecule has 0 saturated heterocycles. The molecule has 1 N–H and O–H groups in total. The lowest BCUT2D eigenvalue weighted by molar-refractivity contribution is 0.336. The van der Waals surface area contributed by atoms with Gasteiger partial charge in [-0.25, -0.2) is 0 Å². The molecule has 0 radical (unpaired) electrons. The van der Waals surface area contributed by atoms with Gasteiger partial charge in [0.25, 0.3) is 0 Å². The summed E-state index contributed by atoms with van der Waals surface area (Å²) in [4.78, 5) is 0. The molecule has 0 heterocycles.